The zero-order valence-corrected chi connectivity index (χ0v) is 13.4. The average molecular weight is 305 g/mol. The molecule has 0 fully saturated rings. The summed E-state index contributed by atoms with van der Waals surface area (Å²) in [6, 6.07) is 11.9. The third-order valence-corrected chi connectivity index (χ3v) is 3.46. The highest BCUT2D eigenvalue weighted by molar-refractivity contribution is 6.31. The molecule has 0 radical (unpaired) electrons. The van der Waals surface area contributed by atoms with Crippen LogP contribution in [0, 0.1) is 0 Å². The van der Waals surface area contributed by atoms with Gasteiger partial charge in [0.25, 0.3) is 0 Å². The number of hydrogen-bond donors (Lipinski definition) is 1. The minimum atomic E-state index is 0.430. The van der Waals surface area contributed by atoms with Crippen LogP contribution >= 0.6 is 11.6 Å². The van der Waals surface area contributed by atoms with Crippen molar-refractivity contribution in [2.24, 2.45) is 0 Å². The van der Waals surface area contributed by atoms with Crippen LogP contribution in [0.15, 0.2) is 36.4 Å². The van der Waals surface area contributed by atoms with Crippen molar-refractivity contribution in [1.82, 2.24) is 10.3 Å². The van der Waals surface area contributed by atoms with Crippen molar-refractivity contribution in [3.05, 3.63) is 52.7 Å². The lowest BCUT2D eigenvalue weighted by molar-refractivity contribution is 0.458. The standard InChI is InChI=1S/C17H21ClN2O/c1-4-13-10-15(8-9-16(13)18)21-17-7-5-6-14(20-17)11-19-12(2)3/h5-10,12,19H,4,11H2,1-3H3. The van der Waals surface area contributed by atoms with E-state index in [2.05, 4.69) is 31.1 Å². The molecule has 1 heterocycles. The van der Waals surface area contributed by atoms with E-state index < -0.39 is 0 Å². The average Bonchev–Trinajstić information content (AvgIpc) is 2.47. The molecule has 1 N–H and O–H groups in total. The third kappa shape index (κ3) is 4.73. The van der Waals surface area contributed by atoms with Crippen molar-refractivity contribution in [3.63, 3.8) is 0 Å². The Hall–Kier alpha value is -1.58. The summed E-state index contributed by atoms with van der Waals surface area (Å²) in [7, 11) is 0. The first-order valence-corrected chi connectivity index (χ1v) is 7.62. The maximum absolute atomic E-state index is 6.12. The molecule has 0 aliphatic carbocycles. The Bertz CT molecular complexity index is 599. The van der Waals surface area contributed by atoms with Gasteiger partial charge >= 0.3 is 0 Å². The Morgan fingerprint density at radius 2 is 2.05 bits per heavy atom. The molecule has 3 nitrogen and oxygen atoms in total. The molecule has 0 aliphatic rings. The highest BCUT2D eigenvalue weighted by Gasteiger charge is 2.04. The summed E-state index contributed by atoms with van der Waals surface area (Å²) < 4.78 is 5.83. The summed E-state index contributed by atoms with van der Waals surface area (Å²) in [5.74, 6) is 1.36. The summed E-state index contributed by atoms with van der Waals surface area (Å²) in [6.07, 6.45) is 0.877. The van der Waals surface area contributed by atoms with Gasteiger partial charge in [0.1, 0.15) is 5.75 Å². The minimum absolute atomic E-state index is 0.430. The lowest BCUT2D eigenvalue weighted by Crippen LogP contribution is -2.22. The molecule has 0 spiro atoms. The number of rotatable bonds is 6. The first-order chi connectivity index (χ1) is 10.1. The van der Waals surface area contributed by atoms with E-state index in [1.54, 1.807) is 0 Å². The second kappa shape index (κ2) is 7.43. The SMILES string of the molecule is CCc1cc(Oc2cccc(CNC(C)C)n2)ccc1Cl. The van der Waals surface area contributed by atoms with E-state index in [0.29, 0.717) is 11.9 Å². The fourth-order valence-corrected chi connectivity index (χ4v) is 2.18. The van der Waals surface area contributed by atoms with Gasteiger partial charge in [-0.05, 0) is 36.2 Å². The second-order valence-corrected chi connectivity index (χ2v) is 5.62. The van der Waals surface area contributed by atoms with E-state index >= 15 is 0 Å². The first-order valence-electron chi connectivity index (χ1n) is 7.24. The molecule has 0 aliphatic heterocycles. The van der Waals surface area contributed by atoms with Crippen LogP contribution < -0.4 is 10.1 Å². The molecule has 0 amide bonds. The van der Waals surface area contributed by atoms with Gasteiger partial charge in [-0.3, -0.25) is 0 Å². The molecule has 112 valence electrons. The van der Waals surface area contributed by atoms with Crippen molar-refractivity contribution in [2.75, 3.05) is 0 Å². The van der Waals surface area contributed by atoms with Crippen LogP contribution in [-0.4, -0.2) is 11.0 Å². The van der Waals surface area contributed by atoms with Crippen LogP contribution in [0.1, 0.15) is 32.0 Å². The summed E-state index contributed by atoms with van der Waals surface area (Å²) in [5, 5.41) is 4.11. The summed E-state index contributed by atoms with van der Waals surface area (Å²) >= 11 is 6.12. The molecule has 4 heteroatoms. The molecule has 1 aromatic heterocycles. The maximum atomic E-state index is 6.12. The molecule has 0 bridgehead atoms. The summed E-state index contributed by atoms with van der Waals surface area (Å²) in [4.78, 5) is 4.50. The van der Waals surface area contributed by atoms with Crippen LogP contribution in [0.25, 0.3) is 0 Å². The number of benzene rings is 1. The van der Waals surface area contributed by atoms with Crippen molar-refractivity contribution in [2.45, 2.75) is 39.8 Å². The highest BCUT2D eigenvalue weighted by Crippen LogP contribution is 2.25. The molecule has 0 saturated heterocycles. The first kappa shape index (κ1) is 15.8. The van der Waals surface area contributed by atoms with E-state index in [-0.39, 0.29) is 0 Å². The van der Waals surface area contributed by atoms with Crippen molar-refractivity contribution >= 4 is 11.6 Å². The Morgan fingerprint density at radius 3 is 2.76 bits per heavy atom. The van der Waals surface area contributed by atoms with Gasteiger partial charge < -0.3 is 10.1 Å². The van der Waals surface area contributed by atoms with Crippen LogP contribution in [0.5, 0.6) is 11.6 Å². The Morgan fingerprint density at radius 1 is 1.24 bits per heavy atom. The molecule has 0 atom stereocenters. The van der Waals surface area contributed by atoms with Crippen LogP contribution in [0.4, 0.5) is 0 Å². The lowest BCUT2D eigenvalue weighted by Gasteiger charge is -2.10. The normalized spacial score (nSPS) is 10.9. The van der Waals surface area contributed by atoms with E-state index in [9.17, 15) is 0 Å². The van der Waals surface area contributed by atoms with E-state index in [1.807, 2.05) is 36.4 Å². The molecule has 21 heavy (non-hydrogen) atoms. The van der Waals surface area contributed by atoms with Crippen molar-refractivity contribution in [3.8, 4) is 11.6 Å². The van der Waals surface area contributed by atoms with Gasteiger partial charge in [0.15, 0.2) is 0 Å². The predicted molar refractivity (Wildman–Crippen MR) is 87.1 cm³/mol. The molecule has 0 saturated carbocycles. The zero-order valence-electron chi connectivity index (χ0n) is 12.7. The molecule has 2 rings (SSSR count). The monoisotopic (exact) mass is 304 g/mol. The zero-order chi connectivity index (χ0) is 15.2. The number of nitrogens with zero attached hydrogens (tertiary/aromatic N) is 1. The van der Waals surface area contributed by atoms with Gasteiger partial charge in [0.2, 0.25) is 5.88 Å². The molecule has 1 aromatic carbocycles. The van der Waals surface area contributed by atoms with Gasteiger partial charge in [0, 0.05) is 23.7 Å². The molecular weight excluding hydrogens is 284 g/mol. The fraction of sp³-hybridized carbons (Fsp3) is 0.353. The predicted octanol–water partition coefficient (Wildman–Crippen LogP) is 4.59. The summed E-state index contributed by atoms with van der Waals surface area (Å²) in [5.41, 5.74) is 2.04. The molecule has 0 unspecified atom stereocenters. The Kier molecular flexibility index (Phi) is 5.59. The number of hydrogen-bond acceptors (Lipinski definition) is 3. The number of aromatic nitrogens is 1. The van der Waals surface area contributed by atoms with Crippen molar-refractivity contribution in [1.29, 1.82) is 0 Å². The largest absolute Gasteiger partial charge is 0.439 e. The van der Waals surface area contributed by atoms with Crippen LogP contribution in [0.3, 0.4) is 0 Å². The summed E-state index contributed by atoms with van der Waals surface area (Å²) in [6.45, 7) is 7.03. The fourth-order valence-electron chi connectivity index (χ4n) is 1.93. The third-order valence-electron chi connectivity index (χ3n) is 3.09. The smallest absolute Gasteiger partial charge is 0.219 e. The van der Waals surface area contributed by atoms with Crippen LogP contribution in [-0.2, 0) is 13.0 Å². The number of nitrogens with one attached hydrogen (secondary N) is 1. The Balaban J connectivity index is 2.10. The van der Waals surface area contributed by atoms with Crippen LogP contribution in [0.2, 0.25) is 5.02 Å². The number of aryl methyl sites for hydroxylation is 1. The van der Waals surface area contributed by atoms with Gasteiger partial charge in [0.05, 0.1) is 5.69 Å². The quantitative estimate of drug-likeness (QED) is 0.847. The highest BCUT2D eigenvalue weighted by atomic mass is 35.5. The minimum Gasteiger partial charge on any atom is -0.439 e. The van der Waals surface area contributed by atoms with Gasteiger partial charge in [-0.15, -0.1) is 0 Å². The van der Waals surface area contributed by atoms with Crippen molar-refractivity contribution < 1.29 is 4.74 Å². The lowest BCUT2D eigenvalue weighted by atomic mass is 10.1. The van der Waals surface area contributed by atoms with E-state index in [1.165, 1.54) is 0 Å². The number of halogens is 1. The molecular formula is C17H21ClN2O. The topological polar surface area (TPSA) is 34.1 Å². The number of ether oxygens (including phenoxy) is 1. The van der Waals surface area contributed by atoms with Gasteiger partial charge in [-0.2, -0.15) is 0 Å². The Labute approximate surface area is 131 Å². The van der Waals surface area contributed by atoms with E-state index in [4.69, 9.17) is 16.3 Å². The maximum Gasteiger partial charge on any atom is 0.219 e. The second-order valence-electron chi connectivity index (χ2n) is 5.21. The van der Waals surface area contributed by atoms with Gasteiger partial charge in [-0.1, -0.05) is 38.4 Å². The van der Waals surface area contributed by atoms with Gasteiger partial charge in [-0.25, -0.2) is 4.98 Å². The molecule has 2 aromatic rings. The number of pyridine rings is 1. The van der Waals surface area contributed by atoms with E-state index in [0.717, 1.165) is 35.0 Å².